The maximum atomic E-state index is 11.9. The van der Waals surface area contributed by atoms with E-state index in [-0.39, 0.29) is 5.91 Å². The number of rotatable bonds is 2. The molecule has 7 heteroatoms. The highest BCUT2D eigenvalue weighted by Crippen LogP contribution is 2.15. The minimum Gasteiger partial charge on any atom is -0.324 e. The maximum Gasteiger partial charge on any atom is 0.271 e. The number of para-hydroxylation sites is 2. The number of amides is 1. The fourth-order valence-electron chi connectivity index (χ4n) is 1.62. The van der Waals surface area contributed by atoms with Crippen LogP contribution in [-0.2, 0) is 0 Å². The van der Waals surface area contributed by atoms with Crippen LogP contribution in [0.25, 0.3) is 11.0 Å². The fraction of sp³-hybridized carbons (Fsp3) is 0.0909. The van der Waals surface area contributed by atoms with E-state index >= 15 is 0 Å². The number of carbonyl (C=O) groups is 1. The van der Waals surface area contributed by atoms with Gasteiger partial charge in [0.05, 0.1) is 16.7 Å². The Bertz CT molecular complexity index is 684. The van der Waals surface area contributed by atoms with Gasteiger partial charge < -0.3 is 4.98 Å². The number of nitrogens with one attached hydrogen (secondary N) is 2. The van der Waals surface area contributed by atoms with E-state index in [9.17, 15) is 4.79 Å². The average molecular weight is 259 g/mol. The first-order valence-corrected chi connectivity index (χ1v) is 6.06. The van der Waals surface area contributed by atoms with E-state index in [1.165, 1.54) is 0 Å². The Balaban J connectivity index is 1.88. The van der Waals surface area contributed by atoms with E-state index in [0.717, 1.165) is 22.6 Å². The number of fused-ring (bicyclic) bond motifs is 1. The zero-order valence-electron chi connectivity index (χ0n) is 9.47. The van der Waals surface area contributed by atoms with Crippen molar-refractivity contribution in [2.75, 3.05) is 5.32 Å². The highest BCUT2D eigenvalue weighted by molar-refractivity contribution is 7.08. The molecule has 0 aliphatic carbocycles. The predicted octanol–water partition coefficient (Wildman–Crippen LogP) is 1.98. The maximum absolute atomic E-state index is 11.9. The molecule has 1 aromatic carbocycles. The molecule has 0 saturated heterocycles. The summed E-state index contributed by atoms with van der Waals surface area (Å²) in [6, 6.07) is 7.58. The molecule has 0 bridgehead atoms. The van der Waals surface area contributed by atoms with Crippen LogP contribution in [0.3, 0.4) is 0 Å². The molecule has 0 fully saturated rings. The van der Waals surface area contributed by atoms with Crippen molar-refractivity contribution in [2.24, 2.45) is 0 Å². The number of hydrogen-bond donors (Lipinski definition) is 2. The first-order valence-electron chi connectivity index (χ1n) is 5.29. The number of carbonyl (C=O) groups excluding carboxylic acids is 1. The number of aromatic nitrogens is 4. The Labute approximate surface area is 106 Å². The fourth-order valence-corrected chi connectivity index (χ4v) is 2.17. The molecule has 18 heavy (non-hydrogen) atoms. The van der Waals surface area contributed by atoms with E-state index < -0.39 is 0 Å². The van der Waals surface area contributed by atoms with Crippen molar-refractivity contribution in [1.29, 1.82) is 0 Å². The van der Waals surface area contributed by atoms with Gasteiger partial charge in [0.25, 0.3) is 5.91 Å². The summed E-state index contributed by atoms with van der Waals surface area (Å²) in [5.41, 5.74) is 2.31. The number of imidazole rings is 1. The third kappa shape index (κ3) is 1.84. The van der Waals surface area contributed by atoms with Gasteiger partial charge in [-0.25, -0.2) is 4.98 Å². The van der Waals surface area contributed by atoms with Gasteiger partial charge in [-0.2, -0.15) is 0 Å². The van der Waals surface area contributed by atoms with Crippen molar-refractivity contribution in [3.63, 3.8) is 0 Å². The number of H-pyrrole nitrogens is 1. The normalized spacial score (nSPS) is 10.7. The standard InChI is InChI=1S/C11H9N5OS/c1-6-9(18-16-15-6)10(17)14-11-12-7-4-2-3-5-8(7)13-11/h2-5H,1H3,(H2,12,13,14,17). The van der Waals surface area contributed by atoms with E-state index in [1.807, 2.05) is 24.3 Å². The first-order chi connectivity index (χ1) is 8.74. The van der Waals surface area contributed by atoms with Crippen molar-refractivity contribution in [3.8, 4) is 0 Å². The summed E-state index contributed by atoms with van der Waals surface area (Å²) >= 11 is 1.07. The predicted molar refractivity (Wildman–Crippen MR) is 68.7 cm³/mol. The molecule has 3 rings (SSSR count). The van der Waals surface area contributed by atoms with Crippen LogP contribution < -0.4 is 5.32 Å². The molecule has 2 aromatic heterocycles. The Morgan fingerprint density at radius 2 is 2.22 bits per heavy atom. The van der Waals surface area contributed by atoms with Gasteiger partial charge in [-0.05, 0) is 30.6 Å². The van der Waals surface area contributed by atoms with Gasteiger partial charge in [0.1, 0.15) is 4.88 Å². The third-order valence-electron chi connectivity index (χ3n) is 2.48. The Morgan fingerprint density at radius 1 is 1.39 bits per heavy atom. The van der Waals surface area contributed by atoms with Crippen molar-refractivity contribution in [1.82, 2.24) is 19.6 Å². The number of nitrogens with zero attached hydrogens (tertiary/aromatic N) is 3. The van der Waals surface area contributed by atoms with Crippen molar-refractivity contribution in [2.45, 2.75) is 6.92 Å². The molecule has 1 amide bonds. The first kappa shape index (κ1) is 10.8. The van der Waals surface area contributed by atoms with Gasteiger partial charge in [-0.3, -0.25) is 10.1 Å². The second kappa shape index (κ2) is 4.19. The SMILES string of the molecule is Cc1nnsc1C(=O)Nc1nc2ccccc2[nH]1. The summed E-state index contributed by atoms with van der Waals surface area (Å²) in [6.45, 7) is 1.75. The van der Waals surface area contributed by atoms with Crippen molar-refractivity contribution >= 4 is 34.4 Å². The molecular weight excluding hydrogens is 250 g/mol. The van der Waals surface area contributed by atoms with E-state index in [2.05, 4.69) is 24.9 Å². The lowest BCUT2D eigenvalue weighted by Gasteiger charge is -1.98. The summed E-state index contributed by atoms with van der Waals surface area (Å²) in [7, 11) is 0. The van der Waals surface area contributed by atoms with Gasteiger partial charge in [0.2, 0.25) is 5.95 Å². The number of hydrogen-bond acceptors (Lipinski definition) is 5. The number of anilines is 1. The van der Waals surface area contributed by atoms with E-state index in [1.54, 1.807) is 6.92 Å². The summed E-state index contributed by atoms with van der Waals surface area (Å²) in [6.07, 6.45) is 0. The lowest BCUT2D eigenvalue weighted by molar-refractivity contribution is 0.102. The van der Waals surface area contributed by atoms with Crippen LogP contribution in [0.15, 0.2) is 24.3 Å². The molecule has 0 saturated carbocycles. The van der Waals surface area contributed by atoms with Crippen molar-refractivity contribution < 1.29 is 4.79 Å². The Hall–Kier alpha value is -2.28. The minimum absolute atomic E-state index is 0.249. The molecule has 0 atom stereocenters. The molecule has 0 aliphatic rings. The van der Waals surface area contributed by atoms with Gasteiger partial charge in [0.15, 0.2) is 0 Å². The van der Waals surface area contributed by atoms with Gasteiger partial charge in [0, 0.05) is 0 Å². The summed E-state index contributed by atoms with van der Waals surface area (Å²) in [5, 5.41) is 6.50. The van der Waals surface area contributed by atoms with Gasteiger partial charge in [-0.15, -0.1) is 5.10 Å². The molecule has 0 aliphatic heterocycles. The molecule has 90 valence electrons. The molecule has 6 nitrogen and oxygen atoms in total. The second-order valence-electron chi connectivity index (χ2n) is 3.74. The largest absolute Gasteiger partial charge is 0.324 e. The number of aromatic amines is 1. The molecule has 0 spiro atoms. The van der Waals surface area contributed by atoms with Crippen molar-refractivity contribution in [3.05, 3.63) is 34.8 Å². The lowest BCUT2D eigenvalue weighted by atomic mass is 10.3. The molecule has 2 heterocycles. The monoisotopic (exact) mass is 259 g/mol. The molecule has 3 aromatic rings. The molecule has 2 N–H and O–H groups in total. The van der Waals surface area contributed by atoms with Gasteiger partial charge >= 0.3 is 0 Å². The number of aryl methyl sites for hydroxylation is 1. The second-order valence-corrected chi connectivity index (χ2v) is 4.50. The third-order valence-corrected chi connectivity index (χ3v) is 3.31. The highest BCUT2D eigenvalue weighted by atomic mass is 32.1. The van der Waals surface area contributed by atoms with Gasteiger partial charge in [-0.1, -0.05) is 16.6 Å². The molecular formula is C11H9N5OS. The van der Waals surface area contributed by atoms with Crippen LogP contribution in [0, 0.1) is 6.92 Å². The number of benzene rings is 1. The quantitative estimate of drug-likeness (QED) is 0.737. The average Bonchev–Trinajstić information content (AvgIpc) is 2.94. The van der Waals surface area contributed by atoms with E-state index in [4.69, 9.17) is 0 Å². The highest BCUT2D eigenvalue weighted by Gasteiger charge is 2.14. The van der Waals surface area contributed by atoms with Crippen LogP contribution in [0.4, 0.5) is 5.95 Å². The van der Waals surface area contributed by atoms with Crippen LogP contribution in [-0.4, -0.2) is 25.5 Å². The van der Waals surface area contributed by atoms with E-state index in [0.29, 0.717) is 16.5 Å². The summed E-state index contributed by atoms with van der Waals surface area (Å²) < 4.78 is 3.73. The minimum atomic E-state index is -0.249. The van der Waals surface area contributed by atoms with Crippen LogP contribution >= 0.6 is 11.5 Å². The smallest absolute Gasteiger partial charge is 0.271 e. The zero-order chi connectivity index (χ0) is 12.5. The topological polar surface area (TPSA) is 83.6 Å². The summed E-state index contributed by atoms with van der Waals surface area (Å²) in [5.74, 6) is 0.176. The summed E-state index contributed by atoms with van der Waals surface area (Å²) in [4.78, 5) is 19.7. The molecule has 0 radical (unpaired) electrons. The molecule has 0 unspecified atom stereocenters. The Kier molecular flexibility index (Phi) is 2.52. The van der Waals surface area contributed by atoms with Crippen LogP contribution in [0.2, 0.25) is 0 Å². The Morgan fingerprint density at radius 3 is 2.94 bits per heavy atom. The van der Waals surface area contributed by atoms with Crippen LogP contribution in [0.1, 0.15) is 15.4 Å². The zero-order valence-corrected chi connectivity index (χ0v) is 10.3. The van der Waals surface area contributed by atoms with Crippen LogP contribution in [0.5, 0.6) is 0 Å². The lowest BCUT2D eigenvalue weighted by Crippen LogP contribution is -2.12.